The van der Waals surface area contributed by atoms with Crippen molar-refractivity contribution in [2.24, 2.45) is 17.6 Å². The number of aliphatic carboxylic acids is 1. The second-order valence-corrected chi connectivity index (χ2v) is 6.03. The Bertz CT molecular complexity index is 293. The normalized spacial score (nSPS) is 12.4. The van der Waals surface area contributed by atoms with Crippen LogP contribution < -0.4 is 11.1 Å². The molecule has 5 heteroatoms. The summed E-state index contributed by atoms with van der Waals surface area (Å²) in [7, 11) is 0. The number of unbranched alkanes of at least 4 members (excludes halogenated alkanes) is 3. The minimum Gasteiger partial charge on any atom is -0.481 e. The van der Waals surface area contributed by atoms with E-state index >= 15 is 0 Å². The number of hydrogen-bond acceptors (Lipinski definition) is 3. The molecular formula is C16H32N2O3. The van der Waals surface area contributed by atoms with E-state index in [2.05, 4.69) is 19.2 Å². The van der Waals surface area contributed by atoms with E-state index in [-0.39, 0.29) is 12.3 Å². The van der Waals surface area contributed by atoms with Crippen LogP contribution in [-0.4, -0.2) is 30.1 Å². The lowest BCUT2D eigenvalue weighted by molar-refractivity contribution is -0.137. The minimum atomic E-state index is -0.736. The lowest BCUT2D eigenvalue weighted by atomic mass is 9.88. The van der Waals surface area contributed by atoms with Gasteiger partial charge in [0.25, 0.3) is 0 Å². The Kier molecular flexibility index (Phi) is 12.0. The van der Waals surface area contributed by atoms with Gasteiger partial charge in [-0.2, -0.15) is 0 Å². The highest BCUT2D eigenvalue weighted by atomic mass is 16.4. The lowest BCUT2D eigenvalue weighted by Crippen LogP contribution is -2.25. The average molecular weight is 300 g/mol. The highest BCUT2D eigenvalue weighted by molar-refractivity contribution is 5.75. The fraction of sp³-hybridized carbons (Fsp3) is 0.875. The number of carboxylic acids is 1. The van der Waals surface area contributed by atoms with E-state index in [9.17, 15) is 9.59 Å². The van der Waals surface area contributed by atoms with E-state index < -0.39 is 5.97 Å². The third kappa shape index (κ3) is 12.4. The number of hydrogen-bond donors (Lipinski definition) is 3. The van der Waals surface area contributed by atoms with Crippen LogP contribution >= 0.6 is 0 Å². The molecule has 124 valence electrons. The van der Waals surface area contributed by atoms with Gasteiger partial charge in [-0.3, -0.25) is 9.59 Å². The van der Waals surface area contributed by atoms with Crippen LogP contribution in [0.25, 0.3) is 0 Å². The standard InChI is InChI=1S/C16H32N2O3/c1-13(2)14(10-11-17)8-9-15(19)18-12-6-4-3-5-7-16(20)21/h13-14H,3-12,17H2,1-2H3,(H,18,19)(H,20,21). The van der Waals surface area contributed by atoms with E-state index in [1.165, 1.54) is 0 Å². The minimum absolute atomic E-state index is 0.114. The smallest absolute Gasteiger partial charge is 0.303 e. The first-order valence-electron chi connectivity index (χ1n) is 8.16. The molecule has 0 aromatic heterocycles. The number of carbonyl (C=O) groups excluding carboxylic acids is 1. The third-order valence-electron chi connectivity index (χ3n) is 3.86. The van der Waals surface area contributed by atoms with Crippen molar-refractivity contribution in [3.8, 4) is 0 Å². The summed E-state index contributed by atoms with van der Waals surface area (Å²) in [6.07, 6.45) is 6.21. The molecule has 0 saturated heterocycles. The van der Waals surface area contributed by atoms with Crippen molar-refractivity contribution < 1.29 is 14.7 Å². The van der Waals surface area contributed by atoms with E-state index in [1.807, 2.05) is 0 Å². The van der Waals surface area contributed by atoms with E-state index in [4.69, 9.17) is 10.8 Å². The fourth-order valence-electron chi connectivity index (χ4n) is 2.41. The molecule has 0 fully saturated rings. The number of nitrogens with two attached hydrogens (primary N) is 1. The highest BCUT2D eigenvalue weighted by Crippen LogP contribution is 2.20. The molecule has 0 radical (unpaired) electrons. The van der Waals surface area contributed by atoms with Crippen LogP contribution in [0.15, 0.2) is 0 Å². The van der Waals surface area contributed by atoms with Gasteiger partial charge < -0.3 is 16.2 Å². The molecule has 5 nitrogen and oxygen atoms in total. The van der Waals surface area contributed by atoms with Gasteiger partial charge in [-0.15, -0.1) is 0 Å². The van der Waals surface area contributed by atoms with Gasteiger partial charge in [0.2, 0.25) is 5.91 Å². The van der Waals surface area contributed by atoms with Crippen LogP contribution in [-0.2, 0) is 9.59 Å². The van der Waals surface area contributed by atoms with Crippen molar-refractivity contribution >= 4 is 11.9 Å². The van der Waals surface area contributed by atoms with E-state index in [0.29, 0.717) is 31.3 Å². The van der Waals surface area contributed by atoms with Crippen molar-refractivity contribution in [2.45, 2.75) is 65.2 Å². The quantitative estimate of drug-likeness (QED) is 0.456. The van der Waals surface area contributed by atoms with Gasteiger partial charge in [-0.1, -0.05) is 26.7 Å². The van der Waals surface area contributed by atoms with Gasteiger partial charge in [-0.25, -0.2) is 0 Å². The maximum atomic E-state index is 11.7. The van der Waals surface area contributed by atoms with Crippen molar-refractivity contribution in [1.82, 2.24) is 5.32 Å². The summed E-state index contributed by atoms with van der Waals surface area (Å²) in [5.74, 6) is 0.469. The molecule has 0 aromatic rings. The van der Waals surface area contributed by atoms with Crippen molar-refractivity contribution in [2.75, 3.05) is 13.1 Å². The Labute approximate surface area is 128 Å². The first kappa shape index (κ1) is 19.9. The molecule has 4 N–H and O–H groups in total. The van der Waals surface area contributed by atoms with Gasteiger partial charge >= 0.3 is 5.97 Å². The van der Waals surface area contributed by atoms with Crippen LogP contribution in [0.1, 0.15) is 65.2 Å². The molecule has 0 aromatic carbocycles. The Morgan fingerprint density at radius 3 is 2.29 bits per heavy atom. The maximum absolute atomic E-state index is 11.7. The number of carboxylic acid groups (broad SMARTS) is 1. The van der Waals surface area contributed by atoms with Crippen LogP contribution in [0.5, 0.6) is 0 Å². The summed E-state index contributed by atoms with van der Waals surface area (Å²) < 4.78 is 0. The van der Waals surface area contributed by atoms with E-state index in [0.717, 1.165) is 38.5 Å². The molecule has 1 unspecified atom stereocenters. The Hall–Kier alpha value is -1.10. The van der Waals surface area contributed by atoms with Crippen LogP contribution in [0.2, 0.25) is 0 Å². The Balaban J connectivity index is 3.55. The first-order valence-corrected chi connectivity index (χ1v) is 8.16. The lowest BCUT2D eigenvalue weighted by Gasteiger charge is -2.19. The molecule has 0 aliphatic heterocycles. The summed E-state index contributed by atoms with van der Waals surface area (Å²) in [4.78, 5) is 22.1. The zero-order valence-corrected chi connectivity index (χ0v) is 13.6. The number of amides is 1. The van der Waals surface area contributed by atoms with Gasteiger partial charge in [0.05, 0.1) is 0 Å². The molecule has 1 amide bonds. The van der Waals surface area contributed by atoms with Crippen molar-refractivity contribution in [3.63, 3.8) is 0 Å². The zero-order chi connectivity index (χ0) is 16.1. The predicted octanol–water partition coefficient (Wildman–Crippen LogP) is 2.54. The van der Waals surface area contributed by atoms with Gasteiger partial charge in [0, 0.05) is 19.4 Å². The fourth-order valence-corrected chi connectivity index (χ4v) is 2.41. The Morgan fingerprint density at radius 1 is 1.05 bits per heavy atom. The largest absolute Gasteiger partial charge is 0.481 e. The topological polar surface area (TPSA) is 92.4 Å². The molecule has 1 atom stereocenters. The molecule has 21 heavy (non-hydrogen) atoms. The Morgan fingerprint density at radius 2 is 1.71 bits per heavy atom. The van der Waals surface area contributed by atoms with Crippen molar-refractivity contribution in [1.29, 1.82) is 0 Å². The summed E-state index contributed by atoms with van der Waals surface area (Å²) in [5, 5.41) is 11.4. The monoisotopic (exact) mass is 300 g/mol. The summed E-state index contributed by atoms with van der Waals surface area (Å²) in [5.41, 5.74) is 5.59. The summed E-state index contributed by atoms with van der Waals surface area (Å²) >= 11 is 0. The molecule has 0 spiro atoms. The average Bonchev–Trinajstić information content (AvgIpc) is 2.41. The summed E-state index contributed by atoms with van der Waals surface area (Å²) in [6, 6.07) is 0. The molecular weight excluding hydrogens is 268 g/mol. The first-order chi connectivity index (χ1) is 9.97. The number of nitrogens with one attached hydrogen (secondary N) is 1. The third-order valence-corrected chi connectivity index (χ3v) is 3.86. The van der Waals surface area contributed by atoms with Crippen LogP contribution in [0, 0.1) is 11.8 Å². The predicted molar refractivity (Wildman–Crippen MR) is 85.0 cm³/mol. The van der Waals surface area contributed by atoms with Gasteiger partial charge in [-0.05, 0) is 44.1 Å². The van der Waals surface area contributed by atoms with Gasteiger partial charge in [0.1, 0.15) is 0 Å². The van der Waals surface area contributed by atoms with Crippen LogP contribution in [0.4, 0.5) is 0 Å². The number of carbonyl (C=O) groups is 2. The molecule has 0 aliphatic carbocycles. The maximum Gasteiger partial charge on any atom is 0.303 e. The number of rotatable bonds is 13. The van der Waals surface area contributed by atoms with E-state index in [1.54, 1.807) is 0 Å². The second-order valence-electron chi connectivity index (χ2n) is 6.03. The summed E-state index contributed by atoms with van der Waals surface area (Å²) in [6.45, 7) is 5.72. The molecule has 0 rings (SSSR count). The van der Waals surface area contributed by atoms with Crippen molar-refractivity contribution in [3.05, 3.63) is 0 Å². The molecule has 0 aliphatic rings. The van der Waals surface area contributed by atoms with Crippen LogP contribution in [0.3, 0.4) is 0 Å². The SMILES string of the molecule is CC(C)C(CCN)CCC(=O)NCCCCCCC(=O)O. The highest BCUT2D eigenvalue weighted by Gasteiger charge is 2.14. The molecule has 0 heterocycles. The molecule has 0 bridgehead atoms. The zero-order valence-electron chi connectivity index (χ0n) is 13.6. The van der Waals surface area contributed by atoms with Gasteiger partial charge in [0.15, 0.2) is 0 Å². The second kappa shape index (κ2) is 12.6. The molecule has 0 saturated carbocycles.